The quantitative estimate of drug-likeness (QED) is 0.750. The van der Waals surface area contributed by atoms with Gasteiger partial charge < -0.3 is 15.5 Å². The van der Waals surface area contributed by atoms with E-state index in [9.17, 15) is 14.4 Å². The van der Waals surface area contributed by atoms with Crippen LogP contribution >= 0.6 is 0 Å². The lowest BCUT2D eigenvalue weighted by Crippen LogP contribution is -2.39. The van der Waals surface area contributed by atoms with Crippen molar-refractivity contribution in [1.82, 2.24) is 20.0 Å². The van der Waals surface area contributed by atoms with Crippen LogP contribution in [0.25, 0.3) is 0 Å². The summed E-state index contributed by atoms with van der Waals surface area (Å²) >= 11 is 0. The molecule has 3 aliphatic rings. The SMILES string of the molecule is Cc1cc(C)c2c(c1)C(CC(=O)N1CCc3c(c(C(=O)NC4CCCC4)nn3C)C1)C(=O)N2. The second kappa shape index (κ2) is 8.32. The van der Waals surface area contributed by atoms with Crippen molar-refractivity contribution in [2.24, 2.45) is 7.05 Å². The van der Waals surface area contributed by atoms with Crippen LogP contribution in [0.4, 0.5) is 5.69 Å². The maximum Gasteiger partial charge on any atom is 0.272 e. The lowest BCUT2D eigenvalue weighted by molar-refractivity contribution is -0.134. The molecular weight excluding hydrogens is 418 g/mol. The summed E-state index contributed by atoms with van der Waals surface area (Å²) < 4.78 is 1.77. The molecule has 1 aromatic heterocycles. The van der Waals surface area contributed by atoms with Crippen molar-refractivity contribution in [2.45, 2.75) is 70.9 Å². The maximum absolute atomic E-state index is 13.3. The molecule has 1 aromatic carbocycles. The fourth-order valence-corrected chi connectivity index (χ4v) is 5.62. The topological polar surface area (TPSA) is 96.3 Å². The van der Waals surface area contributed by atoms with Crippen molar-refractivity contribution in [3.63, 3.8) is 0 Å². The first kappa shape index (κ1) is 21.7. The van der Waals surface area contributed by atoms with Gasteiger partial charge in [-0.05, 0) is 37.8 Å². The van der Waals surface area contributed by atoms with Crippen LogP contribution in [0.1, 0.15) is 76.5 Å². The Kier molecular flexibility index (Phi) is 5.46. The second-order valence-electron chi connectivity index (χ2n) is 9.71. The number of hydrogen-bond acceptors (Lipinski definition) is 4. The molecule has 1 saturated carbocycles. The summed E-state index contributed by atoms with van der Waals surface area (Å²) in [7, 11) is 1.85. The van der Waals surface area contributed by atoms with Crippen molar-refractivity contribution < 1.29 is 14.4 Å². The highest BCUT2D eigenvalue weighted by Gasteiger charge is 2.36. The number of benzene rings is 1. The van der Waals surface area contributed by atoms with E-state index in [0.29, 0.717) is 25.2 Å². The fraction of sp³-hybridized carbons (Fsp3) is 0.520. The maximum atomic E-state index is 13.3. The minimum Gasteiger partial charge on any atom is -0.348 e. The highest BCUT2D eigenvalue weighted by molar-refractivity contribution is 6.05. The molecule has 33 heavy (non-hydrogen) atoms. The fourth-order valence-electron chi connectivity index (χ4n) is 5.62. The van der Waals surface area contributed by atoms with Gasteiger partial charge in [0.15, 0.2) is 5.69 Å². The van der Waals surface area contributed by atoms with E-state index in [0.717, 1.165) is 59.3 Å². The molecule has 3 amide bonds. The summed E-state index contributed by atoms with van der Waals surface area (Å²) in [4.78, 5) is 40.7. The summed E-state index contributed by atoms with van der Waals surface area (Å²) in [5.41, 5.74) is 6.10. The van der Waals surface area contributed by atoms with Gasteiger partial charge >= 0.3 is 0 Å². The minimum absolute atomic E-state index is 0.0705. The molecule has 0 radical (unpaired) electrons. The van der Waals surface area contributed by atoms with Crippen LogP contribution < -0.4 is 10.6 Å². The van der Waals surface area contributed by atoms with Crippen molar-refractivity contribution in [2.75, 3.05) is 11.9 Å². The zero-order chi connectivity index (χ0) is 23.3. The summed E-state index contributed by atoms with van der Waals surface area (Å²) in [6.45, 7) is 4.89. The average Bonchev–Trinajstić information content (AvgIpc) is 3.48. The Morgan fingerprint density at radius 1 is 1.21 bits per heavy atom. The smallest absolute Gasteiger partial charge is 0.272 e. The van der Waals surface area contributed by atoms with Crippen LogP contribution in [0.15, 0.2) is 12.1 Å². The first-order chi connectivity index (χ1) is 15.8. The molecule has 5 rings (SSSR count). The Morgan fingerprint density at radius 3 is 2.73 bits per heavy atom. The van der Waals surface area contributed by atoms with Gasteiger partial charge in [0.1, 0.15) is 0 Å². The number of aromatic nitrogens is 2. The van der Waals surface area contributed by atoms with Crippen LogP contribution in [-0.2, 0) is 29.6 Å². The third-order valence-corrected chi connectivity index (χ3v) is 7.33. The zero-order valence-corrected chi connectivity index (χ0v) is 19.5. The lowest BCUT2D eigenvalue weighted by Gasteiger charge is -2.28. The standard InChI is InChI=1S/C25H31N5O3/c1-14-10-15(2)22-17(11-14)18(24(32)27-22)12-21(31)30-9-8-20-19(13-30)23(28-29(20)3)25(33)26-16-6-4-5-7-16/h10-11,16,18H,4-9,12-13H2,1-3H3,(H,26,33)(H,27,32). The lowest BCUT2D eigenvalue weighted by atomic mass is 9.93. The van der Waals surface area contributed by atoms with Gasteiger partial charge in [-0.3, -0.25) is 19.1 Å². The monoisotopic (exact) mass is 449 g/mol. The number of rotatable bonds is 4. The van der Waals surface area contributed by atoms with E-state index in [1.807, 2.05) is 33.0 Å². The zero-order valence-electron chi connectivity index (χ0n) is 19.5. The van der Waals surface area contributed by atoms with Gasteiger partial charge in [-0.15, -0.1) is 0 Å². The molecule has 1 unspecified atom stereocenters. The van der Waals surface area contributed by atoms with Crippen molar-refractivity contribution in [1.29, 1.82) is 0 Å². The van der Waals surface area contributed by atoms with Crippen LogP contribution in [-0.4, -0.2) is 45.0 Å². The van der Waals surface area contributed by atoms with E-state index in [2.05, 4.69) is 15.7 Å². The van der Waals surface area contributed by atoms with Crippen LogP contribution in [0, 0.1) is 13.8 Å². The molecule has 3 heterocycles. The van der Waals surface area contributed by atoms with Crippen molar-refractivity contribution in [3.8, 4) is 0 Å². The Labute approximate surface area is 193 Å². The number of carbonyl (C=O) groups is 3. The molecule has 1 fully saturated rings. The van der Waals surface area contributed by atoms with Gasteiger partial charge in [0.05, 0.1) is 5.92 Å². The van der Waals surface area contributed by atoms with Crippen LogP contribution in [0.2, 0.25) is 0 Å². The molecule has 2 aromatic rings. The molecule has 1 aliphatic carbocycles. The third-order valence-electron chi connectivity index (χ3n) is 7.33. The van der Waals surface area contributed by atoms with Gasteiger partial charge in [-0.1, -0.05) is 30.5 Å². The second-order valence-corrected chi connectivity index (χ2v) is 9.71. The number of amides is 3. The van der Waals surface area contributed by atoms with E-state index in [4.69, 9.17) is 0 Å². The first-order valence-corrected chi connectivity index (χ1v) is 11.9. The predicted octanol–water partition coefficient (Wildman–Crippen LogP) is 2.72. The van der Waals surface area contributed by atoms with Gasteiger partial charge in [0, 0.05) is 56.0 Å². The summed E-state index contributed by atoms with van der Waals surface area (Å²) in [6.07, 6.45) is 5.08. The number of hydrogen-bond donors (Lipinski definition) is 2. The van der Waals surface area contributed by atoms with Crippen LogP contribution in [0.5, 0.6) is 0 Å². The largest absolute Gasteiger partial charge is 0.348 e. The van der Waals surface area contributed by atoms with E-state index in [1.165, 1.54) is 0 Å². The van der Waals surface area contributed by atoms with Gasteiger partial charge in [-0.2, -0.15) is 5.10 Å². The molecule has 8 nitrogen and oxygen atoms in total. The Morgan fingerprint density at radius 2 is 1.97 bits per heavy atom. The minimum atomic E-state index is -0.480. The number of fused-ring (bicyclic) bond motifs is 2. The van der Waals surface area contributed by atoms with Gasteiger partial charge in [0.25, 0.3) is 5.91 Å². The Bertz CT molecular complexity index is 1150. The Hall–Kier alpha value is -3.16. The summed E-state index contributed by atoms with van der Waals surface area (Å²) in [5.74, 6) is -0.823. The van der Waals surface area contributed by atoms with Crippen molar-refractivity contribution in [3.05, 3.63) is 45.8 Å². The van der Waals surface area contributed by atoms with Gasteiger partial charge in [0.2, 0.25) is 11.8 Å². The highest BCUT2D eigenvalue weighted by Crippen LogP contribution is 2.38. The normalized spacial score (nSPS) is 19.9. The van der Waals surface area contributed by atoms with E-state index in [-0.39, 0.29) is 30.2 Å². The number of nitrogens with one attached hydrogen (secondary N) is 2. The molecular formula is C25H31N5O3. The molecule has 1 atom stereocenters. The number of nitrogens with zero attached hydrogens (tertiary/aromatic N) is 3. The molecule has 0 saturated heterocycles. The van der Waals surface area contributed by atoms with E-state index < -0.39 is 5.92 Å². The van der Waals surface area contributed by atoms with E-state index >= 15 is 0 Å². The molecule has 174 valence electrons. The molecule has 2 aliphatic heterocycles. The predicted molar refractivity (Wildman–Crippen MR) is 124 cm³/mol. The molecule has 0 spiro atoms. The Balaban J connectivity index is 1.33. The molecule has 8 heteroatoms. The molecule has 0 bridgehead atoms. The van der Waals surface area contributed by atoms with Crippen molar-refractivity contribution >= 4 is 23.4 Å². The third kappa shape index (κ3) is 3.92. The summed E-state index contributed by atoms with van der Waals surface area (Å²) in [6, 6.07) is 4.25. The number of aryl methyl sites for hydroxylation is 3. The van der Waals surface area contributed by atoms with E-state index in [1.54, 1.807) is 9.58 Å². The van der Waals surface area contributed by atoms with Crippen LogP contribution in [0.3, 0.4) is 0 Å². The number of anilines is 1. The first-order valence-electron chi connectivity index (χ1n) is 11.9. The average molecular weight is 450 g/mol. The highest BCUT2D eigenvalue weighted by atomic mass is 16.2. The van der Waals surface area contributed by atoms with Gasteiger partial charge in [-0.25, -0.2) is 0 Å². The molecule has 2 N–H and O–H groups in total. The summed E-state index contributed by atoms with van der Waals surface area (Å²) in [5, 5.41) is 10.6. The number of carbonyl (C=O) groups excluding carboxylic acids is 3.